The zero-order chi connectivity index (χ0) is 10.1. The summed E-state index contributed by atoms with van der Waals surface area (Å²) in [5.74, 6) is 0.809. The normalized spacial score (nSPS) is 13.1. The fraction of sp³-hybridized carbons (Fsp3) is 0.200. The van der Waals surface area contributed by atoms with E-state index in [1.54, 1.807) is 6.26 Å². The molecule has 1 unspecified atom stereocenters. The lowest BCUT2D eigenvalue weighted by Gasteiger charge is -2.06. The van der Waals surface area contributed by atoms with Crippen molar-refractivity contribution >= 4 is 22.9 Å². The highest BCUT2D eigenvalue weighted by Gasteiger charge is 2.16. The topological polar surface area (TPSA) is 39.2 Å². The van der Waals surface area contributed by atoms with Crippen molar-refractivity contribution < 1.29 is 4.42 Å². The molecule has 0 saturated carbocycles. The minimum Gasteiger partial charge on any atom is -0.467 e. The maximum atomic E-state index is 6.03. The monoisotopic (exact) mass is 227 g/mol. The van der Waals surface area contributed by atoms with Crippen molar-refractivity contribution in [1.29, 1.82) is 0 Å². The molecular weight excluding hydrogens is 218 g/mol. The molecule has 2 aromatic heterocycles. The van der Waals surface area contributed by atoms with Gasteiger partial charge in [-0.2, -0.15) is 0 Å². The highest BCUT2D eigenvalue weighted by molar-refractivity contribution is 7.16. The molecule has 0 saturated heterocycles. The van der Waals surface area contributed by atoms with Gasteiger partial charge in [0, 0.05) is 4.88 Å². The molecule has 0 aliphatic heterocycles. The van der Waals surface area contributed by atoms with Crippen LogP contribution in [0.3, 0.4) is 0 Å². The van der Waals surface area contributed by atoms with Crippen molar-refractivity contribution in [2.45, 2.75) is 13.0 Å². The maximum Gasteiger partial charge on any atom is 0.128 e. The summed E-state index contributed by atoms with van der Waals surface area (Å²) >= 11 is 7.32. The third-order valence-electron chi connectivity index (χ3n) is 2.08. The molecular formula is C10H10ClNOS. The van der Waals surface area contributed by atoms with Crippen molar-refractivity contribution in [3.8, 4) is 0 Å². The Morgan fingerprint density at radius 3 is 2.71 bits per heavy atom. The van der Waals surface area contributed by atoms with Crippen LogP contribution in [-0.4, -0.2) is 0 Å². The molecule has 0 aliphatic rings. The van der Waals surface area contributed by atoms with E-state index >= 15 is 0 Å². The Bertz CT molecular complexity index is 435. The number of nitrogens with two attached hydrogens (primary N) is 1. The molecule has 2 aromatic rings. The molecule has 0 amide bonds. The largest absolute Gasteiger partial charge is 0.467 e. The van der Waals surface area contributed by atoms with Gasteiger partial charge in [0.15, 0.2) is 0 Å². The predicted molar refractivity (Wildman–Crippen MR) is 58.8 cm³/mol. The molecule has 2 rings (SSSR count). The first-order valence-electron chi connectivity index (χ1n) is 4.23. The molecule has 4 heteroatoms. The van der Waals surface area contributed by atoms with E-state index in [0.29, 0.717) is 0 Å². The van der Waals surface area contributed by atoms with E-state index in [-0.39, 0.29) is 6.04 Å². The number of furan rings is 1. The first kappa shape index (κ1) is 9.77. The van der Waals surface area contributed by atoms with E-state index in [2.05, 4.69) is 0 Å². The minimum absolute atomic E-state index is 0.206. The second kappa shape index (κ2) is 3.77. The fourth-order valence-electron chi connectivity index (χ4n) is 1.33. The third kappa shape index (κ3) is 1.71. The van der Waals surface area contributed by atoms with Crippen LogP contribution in [0.4, 0.5) is 0 Å². The molecule has 0 fully saturated rings. The molecule has 0 aromatic carbocycles. The molecule has 2 N–H and O–H groups in total. The van der Waals surface area contributed by atoms with Crippen molar-refractivity contribution in [3.63, 3.8) is 0 Å². The van der Waals surface area contributed by atoms with Crippen LogP contribution in [-0.2, 0) is 0 Å². The smallest absolute Gasteiger partial charge is 0.128 e. The van der Waals surface area contributed by atoms with E-state index in [9.17, 15) is 0 Å². The quantitative estimate of drug-likeness (QED) is 0.855. The van der Waals surface area contributed by atoms with Crippen molar-refractivity contribution in [2.24, 2.45) is 5.73 Å². The van der Waals surface area contributed by atoms with Crippen molar-refractivity contribution in [1.82, 2.24) is 0 Å². The fourth-order valence-corrected chi connectivity index (χ4v) is 2.39. The molecule has 74 valence electrons. The Morgan fingerprint density at radius 2 is 2.21 bits per heavy atom. The predicted octanol–water partition coefficient (Wildman–Crippen LogP) is 3.35. The van der Waals surface area contributed by atoms with E-state index in [4.69, 9.17) is 21.8 Å². The van der Waals surface area contributed by atoms with Gasteiger partial charge >= 0.3 is 0 Å². The number of hydrogen-bond donors (Lipinski definition) is 1. The summed E-state index contributed by atoms with van der Waals surface area (Å²) in [6.45, 7) is 1.98. The Hall–Kier alpha value is -0.770. The highest BCUT2D eigenvalue weighted by atomic mass is 35.5. The number of aryl methyl sites for hydroxylation is 1. The second-order valence-corrected chi connectivity index (χ2v) is 4.83. The van der Waals surface area contributed by atoms with Crippen LogP contribution < -0.4 is 5.73 Å². The summed E-state index contributed by atoms with van der Waals surface area (Å²) in [4.78, 5) is 1.02. The third-order valence-corrected chi connectivity index (χ3v) is 3.40. The molecule has 0 spiro atoms. The van der Waals surface area contributed by atoms with Crippen LogP contribution in [0.25, 0.3) is 0 Å². The number of rotatable bonds is 2. The van der Waals surface area contributed by atoms with E-state index in [0.717, 1.165) is 20.5 Å². The maximum absolute atomic E-state index is 6.03. The van der Waals surface area contributed by atoms with Crippen LogP contribution >= 0.6 is 22.9 Å². The summed E-state index contributed by atoms with van der Waals surface area (Å²) < 4.78 is 6.08. The average molecular weight is 228 g/mol. The first-order valence-corrected chi connectivity index (χ1v) is 5.42. The summed E-state index contributed by atoms with van der Waals surface area (Å²) in [5.41, 5.74) is 7.10. The van der Waals surface area contributed by atoms with Gasteiger partial charge in [-0.3, -0.25) is 0 Å². The summed E-state index contributed by atoms with van der Waals surface area (Å²) in [6.07, 6.45) is 1.65. The Balaban J connectivity index is 2.33. The van der Waals surface area contributed by atoms with Crippen LogP contribution in [0.5, 0.6) is 0 Å². The van der Waals surface area contributed by atoms with Crippen molar-refractivity contribution in [2.75, 3.05) is 0 Å². The molecule has 0 radical (unpaired) electrons. The SMILES string of the molecule is Cc1ccoc1C(N)c1ccc(Cl)s1. The van der Waals surface area contributed by atoms with Gasteiger partial charge in [-0.05, 0) is 30.7 Å². The summed E-state index contributed by atoms with van der Waals surface area (Å²) in [5, 5.41) is 0. The molecule has 2 heterocycles. The number of thiophene rings is 1. The number of hydrogen-bond acceptors (Lipinski definition) is 3. The van der Waals surface area contributed by atoms with Crippen LogP contribution in [0, 0.1) is 6.92 Å². The molecule has 0 aliphatic carbocycles. The average Bonchev–Trinajstić information content (AvgIpc) is 2.73. The van der Waals surface area contributed by atoms with Crippen LogP contribution in [0.2, 0.25) is 4.34 Å². The lowest BCUT2D eigenvalue weighted by molar-refractivity contribution is 0.489. The second-order valence-electron chi connectivity index (χ2n) is 3.09. The lowest BCUT2D eigenvalue weighted by atomic mass is 10.1. The Kier molecular flexibility index (Phi) is 2.63. The standard InChI is InChI=1S/C10H10ClNOS/c1-6-4-5-13-10(6)9(12)7-2-3-8(11)14-7/h2-5,9H,12H2,1H3. The van der Waals surface area contributed by atoms with Crippen LogP contribution in [0.15, 0.2) is 28.9 Å². The first-order chi connectivity index (χ1) is 6.68. The van der Waals surface area contributed by atoms with Gasteiger partial charge in [0.2, 0.25) is 0 Å². The van der Waals surface area contributed by atoms with Crippen LogP contribution in [0.1, 0.15) is 22.2 Å². The zero-order valence-corrected chi connectivity index (χ0v) is 9.23. The van der Waals surface area contributed by atoms with E-state index in [1.807, 2.05) is 25.1 Å². The van der Waals surface area contributed by atoms with E-state index < -0.39 is 0 Å². The van der Waals surface area contributed by atoms with Gasteiger partial charge in [-0.25, -0.2) is 0 Å². The lowest BCUT2D eigenvalue weighted by Crippen LogP contribution is -2.10. The van der Waals surface area contributed by atoms with E-state index in [1.165, 1.54) is 11.3 Å². The van der Waals surface area contributed by atoms with Gasteiger partial charge in [0.25, 0.3) is 0 Å². The minimum atomic E-state index is -0.206. The molecule has 0 bridgehead atoms. The molecule has 14 heavy (non-hydrogen) atoms. The number of halogens is 1. The summed E-state index contributed by atoms with van der Waals surface area (Å²) in [6, 6.07) is 5.48. The van der Waals surface area contributed by atoms with Gasteiger partial charge in [0.05, 0.1) is 16.6 Å². The Morgan fingerprint density at radius 1 is 1.43 bits per heavy atom. The highest BCUT2D eigenvalue weighted by Crippen LogP contribution is 2.30. The molecule has 1 atom stereocenters. The zero-order valence-electron chi connectivity index (χ0n) is 7.66. The van der Waals surface area contributed by atoms with Gasteiger partial charge < -0.3 is 10.2 Å². The van der Waals surface area contributed by atoms with Gasteiger partial charge in [-0.1, -0.05) is 11.6 Å². The summed E-state index contributed by atoms with van der Waals surface area (Å²) in [7, 11) is 0. The Labute approximate surface area is 91.3 Å². The van der Waals surface area contributed by atoms with Gasteiger partial charge in [-0.15, -0.1) is 11.3 Å². The molecule has 2 nitrogen and oxygen atoms in total. The van der Waals surface area contributed by atoms with Crippen molar-refractivity contribution in [3.05, 3.63) is 45.0 Å². The van der Waals surface area contributed by atoms with Gasteiger partial charge in [0.1, 0.15) is 5.76 Å².